The normalized spacial score (nSPS) is 18.8. The summed E-state index contributed by atoms with van der Waals surface area (Å²) in [6, 6.07) is 11.6. The molecule has 2 heterocycles. The van der Waals surface area contributed by atoms with Crippen LogP contribution < -0.4 is 10.6 Å². The number of carbonyl (C=O) groups is 1. The SMILES string of the molecule is O=C(CCN1CCC(c2ccc(NC3=CCCC=C3)cc2)CC1)N1CCC(Nc2ccc([N+](=O)[O-])c(C(F)(F)F)c2)CC1. The highest BCUT2D eigenvalue weighted by atomic mass is 19.4. The minimum atomic E-state index is -4.82. The number of hydrogen-bond donors (Lipinski definition) is 2. The average Bonchev–Trinajstić information content (AvgIpc) is 3.01. The summed E-state index contributed by atoms with van der Waals surface area (Å²) in [5.74, 6) is 0.616. The summed E-state index contributed by atoms with van der Waals surface area (Å²) >= 11 is 0. The number of alkyl halides is 3. The number of nitro groups is 1. The Morgan fingerprint density at radius 1 is 0.953 bits per heavy atom. The number of carbonyl (C=O) groups excluding carboxylic acids is 1. The lowest BCUT2D eigenvalue weighted by molar-refractivity contribution is -0.388. The smallest absolute Gasteiger partial charge is 0.382 e. The summed E-state index contributed by atoms with van der Waals surface area (Å²) in [6.07, 6.45) is 7.64. The highest BCUT2D eigenvalue weighted by molar-refractivity contribution is 5.76. The number of benzene rings is 2. The molecule has 2 saturated heterocycles. The maximum atomic E-state index is 13.3. The molecule has 2 aromatic carbocycles. The predicted molar refractivity (Wildman–Crippen MR) is 161 cm³/mol. The van der Waals surface area contributed by atoms with Crippen molar-refractivity contribution in [3.63, 3.8) is 0 Å². The van der Waals surface area contributed by atoms with Crippen molar-refractivity contribution in [3.05, 3.63) is 87.6 Å². The van der Waals surface area contributed by atoms with Gasteiger partial charge in [-0.25, -0.2) is 0 Å². The summed E-state index contributed by atoms with van der Waals surface area (Å²) in [4.78, 5) is 27.1. The van der Waals surface area contributed by atoms with Gasteiger partial charge in [0.1, 0.15) is 5.56 Å². The van der Waals surface area contributed by atoms with Crippen LogP contribution in [0.15, 0.2) is 66.4 Å². The molecule has 0 saturated carbocycles. The van der Waals surface area contributed by atoms with Gasteiger partial charge in [-0.15, -0.1) is 0 Å². The molecule has 43 heavy (non-hydrogen) atoms. The quantitative estimate of drug-likeness (QED) is 0.241. The van der Waals surface area contributed by atoms with E-state index in [1.807, 2.05) is 4.90 Å². The van der Waals surface area contributed by atoms with Crippen LogP contribution in [0, 0.1) is 10.1 Å². The number of allylic oxidation sites excluding steroid dienone is 3. The zero-order chi connectivity index (χ0) is 30.4. The van der Waals surface area contributed by atoms with Crippen LogP contribution in [0.1, 0.15) is 62.0 Å². The number of piperidine rings is 2. The number of hydrogen-bond acceptors (Lipinski definition) is 6. The lowest BCUT2D eigenvalue weighted by Crippen LogP contribution is -2.43. The van der Waals surface area contributed by atoms with Crippen molar-refractivity contribution in [2.75, 3.05) is 43.4 Å². The standard InChI is InChI=1S/C32H38F3N5O3/c33-32(34,35)29-22-28(10-11-30(29)40(42)43)37-27-14-20-39(21-15-27)31(41)16-19-38-17-12-24(13-18-38)23-6-8-26(9-7-23)36-25-4-2-1-3-5-25/h2,4-11,22,24,27,36-37H,1,3,12-21H2. The lowest BCUT2D eigenvalue weighted by atomic mass is 9.89. The number of nitro benzene ring substituents is 1. The molecule has 2 aliphatic heterocycles. The van der Waals surface area contributed by atoms with E-state index in [2.05, 4.69) is 58.0 Å². The van der Waals surface area contributed by atoms with Crippen molar-refractivity contribution in [2.24, 2.45) is 0 Å². The minimum absolute atomic E-state index is 0.0984. The van der Waals surface area contributed by atoms with E-state index < -0.39 is 22.4 Å². The van der Waals surface area contributed by atoms with Crippen LogP contribution in [-0.4, -0.2) is 59.4 Å². The number of likely N-dealkylation sites (tertiary alicyclic amines) is 2. The Morgan fingerprint density at radius 2 is 1.65 bits per heavy atom. The maximum Gasteiger partial charge on any atom is 0.423 e. The molecule has 2 aromatic rings. The molecule has 2 fully saturated rings. The van der Waals surface area contributed by atoms with E-state index in [1.54, 1.807) is 0 Å². The van der Waals surface area contributed by atoms with Gasteiger partial charge in [0.15, 0.2) is 0 Å². The van der Waals surface area contributed by atoms with Crippen LogP contribution in [0.5, 0.6) is 0 Å². The Kier molecular flexibility index (Phi) is 9.69. The van der Waals surface area contributed by atoms with Gasteiger partial charge in [0, 0.05) is 55.2 Å². The van der Waals surface area contributed by atoms with Gasteiger partial charge in [-0.3, -0.25) is 14.9 Å². The Morgan fingerprint density at radius 3 is 2.28 bits per heavy atom. The monoisotopic (exact) mass is 597 g/mol. The molecule has 8 nitrogen and oxygen atoms in total. The van der Waals surface area contributed by atoms with Crippen molar-refractivity contribution >= 4 is 23.0 Å². The first-order chi connectivity index (χ1) is 20.7. The zero-order valence-corrected chi connectivity index (χ0v) is 24.1. The van der Waals surface area contributed by atoms with Crippen molar-refractivity contribution < 1.29 is 22.9 Å². The van der Waals surface area contributed by atoms with Crippen molar-refractivity contribution in [1.29, 1.82) is 0 Å². The molecule has 0 spiro atoms. The number of amides is 1. The first kappa shape index (κ1) is 30.6. The Hall–Kier alpha value is -3.86. The molecule has 3 aliphatic rings. The summed E-state index contributed by atoms with van der Waals surface area (Å²) in [5.41, 5.74) is 1.56. The van der Waals surface area contributed by atoms with Gasteiger partial charge in [0.05, 0.1) is 4.92 Å². The first-order valence-electron chi connectivity index (χ1n) is 15.0. The molecule has 11 heteroatoms. The molecule has 230 valence electrons. The van der Waals surface area contributed by atoms with Crippen molar-refractivity contribution in [3.8, 4) is 0 Å². The average molecular weight is 598 g/mol. The lowest BCUT2D eigenvalue weighted by Gasteiger charge is -2.35. The molecule has 0 bridgehead atoms. The topological polar surface area (TPSA) is 90.8 Å². The Labute approximate surface area is 249 Å². The number of halogens is 3. The van der Waals surface area contributed by atoms with E-state index in [4.69, 9.17) is 0 Å². The van der Waals surface area contributed by atoms with E-state index in [0.717, 1.165) is 68.8 Å². The molecular weight excluding hydrogens is 559 g/mol. The third-order valence-corrected chi connectivity index (χ3v) is 8.61. The molecule has 5 rings (SSSR count). The number of anilines is 2. The van der Waals surface area contributed by atoms with E-state index in [0.29, 0.717) is 38.3 Å². The molecule has 0 unspecified atom stereocenters. The molecule has 0 radical (unpaired) electrons. The fourth-order valence-corrected chi connectivity index (χ4v) is 6.13. The molecular formula is C32H38F3N5O3. The van der Waals surface area contributed by atoms with Crippen LogP contribution in [0.3, 0.4) is 0 Å². The van der Waals surface area contributed by atoms with Gasteiger partial charge in [-0.05, 0) is 93.4 Å². The fourth-order valence-electron chi connectivity index (χ4n) is 6.13. The highest BCUT2D eigenvalue weighted by Gasteiger charge is 2.38. The van der Waals surface area contributed by atoms with Gasteiger partial charge in [-0.1, -0.05) is 24.3 Å². The van der Waals surface area contributed by atoms with Crippen LogP contribution in [0.25, 0.3) is 0 Å². The van der Waals surface area contributed by atoms with Gasteiger partial charge < -0.3 is 20.4 Å². The second-order valence-corrected chi connectivity index (χ2v) is 11.5. The predicted octanol–water partition coefficient (Wildman–Crippen LogP) is 6.93. The number of nitrogens with one attached hydrogen (secondary N) is 2. The number of rotatable bonds is 9. The highest BCUT2D eigenvalue weighted by Crippen LogP contribution is 2.38. The van der Waals surface area contributed by atoms with Gasteiger partial charge >= 0.3 is 6.18 Å². The van der Waals surface area contributed by atoms with E-state index >= 15 is 0 Å². The van der Waals surface area contributed by atoms with Gasteiger partial charge in [-0.2, -0.15) is 13.2 Å². The van der Waals surface area contributed by atoms with Crippen molar-refractivity contribution in [1.82, 2.24) is 9.80 Å². The second kappa shape index (κ2) is 13.6. The Balaban J connectivity index is 1.02. The first-order valence-corrected chi connectivity index (χ1v) is 15.0. The molecule has 1 aliphatic carbocycles. The molecule has 1 amide bonds. The summed E-state index contributed by atoms with van der Waals surface area (Å²) in [5, 5.41) is 17.5. The third kappa shape index (κ3) is 8.16. The fraction of sp³-hybridized carbons (Fsp3) is 0.469. The Bertz CT molecular complexity index is 1340. The molecule has 0 aromatic heterocycles. The van der Waals surface area contributed by atoms with Gasteiger partial charge in [0.25, 0.3) is 5.69 Å². The maximum absolute atomic E-state index is 13.3. The zero-order valence-electron chi connectivity index (χ0n) is 24.1. The molecule has 2 N–H and O–H groups in total. The van der Waals surface area contributed by atoms with E-state index in [1.165, 1.54) is 11.6 Å². The largest absolute Gasteiger partial charge is 0.423 e. The summed E-state index contributed by atoms with van der Waals surface area (Å²) in [7, 11) is 0. The van der Waals surface area contributed by atoms with Crippen molar-refractivity contribution in [2.45, 2.75) is 63.1 Å². The second-order valence-electron chi connectivity index (χ2n) is 11.5. The van der Waals surface area contributed by atoms with Gasteiger partial charge in [0.2, 0.25) is 5.91 Å². The summed E-state index contributed by atoms with van der Waals surface area (Å²) < 4.78 is 39.9. The minimum Gasteiger partial charge on any atom is -0.382 e. The summed E-state index contributed by atoms with van der Waals surface area (Å²) in [6.45, 7) is 3.68. The van der Waals surface area contributed by atoms with E-state index in [-0.39, 0.29) is 17.6 Å². The third-order valence-electron chi connectivity index (χ3n) is 8.61. The van der Waals surface area contributed by atoms with Crippen LogP contribution in [0.4, 0.5) is 30.2 Å². The van der Waals surface area contributed by atoms with Crippen LogP contribution in [-0.2, 0) is 11.0 Å². The van der Waals surface area contributed by atoms with E-state index in [9.17, 15) is 28.1 Å². The van der Waals surface area contributed by atoms with Crippen LogP contribution in [0.2, 0.25) is 0 Å². The van der Waals surface area contributed by atoms with Crippen LogP contribution >= 0.6 is 0 Å². The number of nitrogens with zero attached hydrogens (tertiary/aromatic N) is 3. The molecule has 0 atom stereocenters.